The number of nitrogens with two attached hydrogens (primary N) is 1. The van der Waals surface area contributed by atoms with E-state index in [4.69, 9.17) is 5.73 Å². The second-order valence-corrected chi connectivity index (χ2v) is 3.59. The fourth-order valence-corrected chi connectivity index (χ4v) is 1.65. The maximum absolute atomic E-state index is 5.78. The minimum absolute atomic E-state index is 0.695. The highest BCUT2D eigenvalue weighted by Crippen LogP contribution is 2.33. The smallest absolute Gasteiger partial charge is 0.142 e. The quantitative estimate of drug-likeness (QED) is 0.735. The van der Waals surface area contributed by atoms with Gasteiger partial charge in [0.15, 0.2) is 0 Å². The molecule has 3 N–H and O–H groups in total. The van der Waals surface area contributed by atoms with Crippen LogP contribution < -0.4 is 10.6 Å². The van der Waals surface area contributed by atoms with Gasteiger partial charge >= 0.3 is 0 Å². The molecule has 0 bridgehead atoms. The third-order valence-electron chi connectivity index (χ3n) is 2.41. The summed E-state index contributed by atoms with van der Waals surface area (Å²) >= 11 is 0. The number of hydrogen-bond donors (Lipinski definition) is 2. The van der Waals surface area contributed by atoms with E-state index in [1.54, 1.807) is 0 Å². The van der Waals surface area contributed by atoms with Gasteiger partial charge in [-0.2, -0.15) is 5.10 Å². The number of aromatic amines is 1. The fraction of sp³-hybridized carbons (Fsp3) is 0.667. The number of nitrogen functional groups attached to an aromatic ring is 1. The van der Waals surface area contributed by atoms with Crippen molar-refractivity contribution < 1.29 is 0 Å². The summed E-state index contributed by atoms with van der Waals surface area (Å²) in [5.74, 6) is 0.695. The molecule has 1 aromatic heterocycles. The molecular weight excluding hydrogens is 164 g/mol. The van der Waals surface area contributed by atoms with Crippen molar-refractivity contribution in [2.75, 3.05) is 17.2 Å². The molecule has 1 fully saturated rings. The van der Waals surface area contributed by atoms with Crippen molar-refractivity contribution in [2.45, 2.75) is 32.2 Å². The second kappa shape index (κ2) is 3.28. The number of nitrogens with zero attached hydrogens (tertiary/aromatic N) is 2. The van der Waals surface area contributed by atoms with Gasteiger partial charge in [-0.3, -0.25) is 5.10 Å². The highest BCUT2D eigenvalue weighted by molar-refractivity contribution is 5.63. The van der Waals surface area contributed by atoms with Crippen LogP contribution in [0.5, 0.6) is 0 Å². The summed E-state index contributed by atoms with van der Waals surface area (Å²) < 4.78 is 0. The van der Waals surface area contributed by atoms with Gasteiger partial charge in [-0.15, -0.1) is 0 Å². The summed E-state index contributed by atoms with van der Waals surface area (Å²) in [5, 5.41) is 6.72. The van der Waals surface area contributed by atoms with Crippen molar-refractivity contribution in [1.82, 2.24) is 10.2 Å². The van der Waals surface area contributed by atoms with Gasteiger partial charge in [0.1, 0.15) is 5.82 Å². The number of nitrogens with one attached hydrogen (secondary N) is 1. The standard InChI is InChI=1S/C9H16N4/c1-2-5-13(7-3-4-7)8-6-11-12-9(8)10/h6-7H,2-5H2,1H3,(H3,10,11,12). The number of rotatable bonds is 4. The highest BCUT2D eigenvalue weighted by Gasteiger charge is 2.30. The molecule has 72 valence electrons. The fourth-order valence-electron chi connectivity index (χ4n) is 1.65. The van der Waals surface area contributed by atoms with Gasteiger partial charge in [-0.05, 0) is 19.3 Å². The Kier molecular flexibility index (Phi) is 2.12. The van der Waals surface area contributed by atoms with Crippen LogP contribution >= 0.6 is 0 Å². The van der Waals surface area contributed by atoms with Crippen molar-refractivity contribution in [1.29, 1.82) is 0 Å². The first-order valence-electron chi connectivity index (χ1n) is 4.88. The molecule has 13 heavy (non-hydrogen) atoms. The summed E-state index contributed by atoms with van der Waals surface area (Å²) in [6.07, 6.45) is 5.57. The van der Waals surface area contributed by atoms with Gasteiger partial charge in [-0.25, -0.2) is 0 Å². The average Bonchev–Trinajstić information content (AvgIpc) is 2.86. The van der Waals surface area contributed by atoms with Crippen LogP contribution in [-0.4, -0.2) is 22.8 Å². The number of H-pyrrole nitrogens is 1. The zero-order valence-electron chi connectivity index (χ0n) is 7.95. The van der Waals surface area contributed by atoms with E-state index in [1.165, 1.54) is 12.8 Å². The summed E-state index contributed by atoms with van der Waals surface area (Å²) in [7, 11) is 0. The van der Waals surface area contributed by atoms with Gasteiger partial charge < -0.3 is 10.6 Å². The normalized spacial score (nSPS) is 16.1. The Morgan fingerprint density at radius 1 is 1.69 bits per heavy atom. The first-order chi connectivity index (χ1) is 6.33. The monoisotopic (exact) mass is 180 g/mol. The van der Waals surface area contributed by atoms with E-state index in [1.807, 2.05) is 6.20 Å². The van der Waals surface area contributed by atoms with Gasteiger partial charge in [0, 0.05) is 12.6 Å². The second-order valence-electron chi connectivity index (χ2n) is 3.59. The van der Waals surface area contributed by atoms with E-state index in [2.05, 4.69) is 22.0 Å². The Morgan fingerprint density at radius 3 is 2.92 bits per heavy atom. The van der Waals surface area contributed by atoms with E-state index in [-0.39, 0.29) is 0 Å². The summed E-state index contributed by atoms with van der Waals surface area (Å²) in [6, 6.07) is 0.708. The van der Waals surface area contributed by atoms with E-state index >= 15 is 0 Å². The molecule has 4 heteroatoms. The third kappa shape index (κ3) is 1.61. The molecule has 1 aliphatic carbocycles. The SMILES string of the molecule is CCCN(c1cn[nH]c1N)C1CC1. The zero-order valence-corrected chi connectivity index (χ0v) is 7.95. The molecule has 2 rings (SSSR count). The van der Waals surface area contributed by atoms with Crippen LogP contribution in [0.15, 0.2) is 6.20 Å². The lowest BCUT2D eigenvalue weighted by Gasteiger charge is -2.22. The Hall–Kier alpha value is -1.19. The van der Waals surface area contributed by atoms with Crippen LogP contribution in [0, 0.1) is 0 Å². The van der Waals surface area contributed by atoms with E-state index in [0.717, 1.165) is 18.7 Å². The Morgan fingerprint density at radius 2 is 2.46 bits per heavy atom. The third-order valence-corrected chi connectivity index (χ3v) is 2.41. The first kappa shape index (κ1) is 8.41. The summed E-state index contributed by atoms with van der Waals surface area (Å²) in [4.78, 5) is 2.36. The molecule has 0 spiro atoms. The van der Waals surface area contributed by atoms with Crippen LogP contribution in [0.4, 0.5) is 11.5 Å². The molecule has 0 amide bonds. The molecule has 0 aliphatic heterocycles. The topological polar surface area (TPSA) is 57.9 Å². The van der Waals surface area contributed by atoms with E-state index in [0.29, 0.717) is 11.9 Å². The zero-order chi connectivity index (χ0) is 9.26. The van der Waals surface area contributed by atoms with Gasteiger partial charge in [0.25, 0.3) is 0 Å². The van der Waals surface area contributed by atoms with Gasteiger partial charge in [-0.1, -0.05) is 6.92 Å². The van der Waals surface area contributed by atoms with Crippen molar-refractivity contribution in [3.63, 3.8) is 0 Å². The summed E-state index contributed by atoms with van der Waals surface area (Å²) in [6.45, 7) is 3.26. The lowest BCUT2D eigenvalue weighted by atomic mass is 10.3. The Labute approximate surface area is 78.1 Å². The van der Waals surface area contributed by atoms with Gasteiger partial charge in [0.05, 0.1) is 11.9 Å². The van der Waals surface area contributed by atoms with Crippen molar-refractivity contribution in [3.8, 4) is 0 Å². The molecule has 4 nitrogen and oxygen atoms in total. The molecule has 0 saturated heterocycles. The molecule has 0 unspecified atom stereocenters. The molecule has 1 heterocycles. The van der Waals surface area contributed by atoms with E-state index < -0.39 is 0 Å². The van der Waals surface area contributed by atoms with E-state index in [9.17, 15) is 0 Å². The van der Waals surface area contributed by atoms with Crippen molar-refractivity contribution in [2.24, 2.45) is 0 Å². The lowest BCUT2D eigenvalue weighted by Crippen LogP contribution is -2.26. The van der Waals surface area contributed by atoms with Crippen LogP contribution in [-0.2, 0) is 0 Å². The van der Waals surface area contributed by atoms with Crippen LogP contribution in [0.1, 0.15) is 26.2 Å². The predicted octanol–water partition coefficient (Wildman–Crippen LogP) is 1.37. The van der Waals surface area contributed by atoms with Crippen LogP contribution in [0.2, 0.25) is 0 Å². The molecular formula is C9H16N4. The average molecular weight is 180 g/mol. The number of hydrogen-bond acceptors (Lipinski definition) is 3. The number of anilines is 2. The first-order valence-corrected chi connectivity index (χ1v) is 4.88. The lowest BCUT2D eigenvalue weighted by molar-refractivity contribution is 0.764. The largest absolute Gasteiger partial charge is 0.382 e. The minimum Gasteiger partial charge on any atom is -0.382 e. The van der Waals surface area contributed by atoms with Gasteiger partial charge in [0.2, 0.25) is 0 Å². The molecule has 1 saturated carbocycles. The molecule has 0 aromatic carbocycles. The molecule has 1 aliphatic rings. The van der Waals surface area contributed by atoms with Crippen LogP contribution in [0.3, 0.4) is 0 Å². The highest BCUT2D eigenvalue weighted by atomic mass is 15.3. The minimum atomic E-state index is 0.695. The molecule has 1 aromatic rings. The van der Waals surface area contributed by atoms with Crippen molar-refractivity contribution in [3.05, 3.63) is 6.20 Å². The Bertz CT molecular complexity index is 277. The predicted molar refractivity (Wildman–Crippen MR) is 53.7 cm³/mol. The summed E-state index contributed by atoms with van der Waals surface area (Å²) in [5.41, 5.74) is 6.85. The maximum Gasteiger partial charge on any atom is 0.142 e. The number of aromatic nitrogens is 2. The Balaban J connectivity index is 2.14. The van der Waals surface area contributed by atoms with Crippen molar-refractivity contribution >= 4 is 11.5 Å². The molecule has 0 atom stereocenters. The maximum atomic E-state index is 5.78. The molecule has 0 radical (unpaired) electrons. The van der Waals surface area contributed by atoms with Crippen LogP contribution in [0.25, 0.3) is 0 Å².